The van der Waals surface area contributed by atoms with Gasteiger partial charge in [-0.05, 0) is 24.1 Å². The number of methoxy groups -OCH3 is 1. The maximum atomic E-state index is 9.39. The first kappa shape index (κ1) is 9.49. The van der Waals surface area contributed by atoms with Crippen molar-refractivity contribution in [3.8, 4) is 5.75 Å². The third-order valence-corrected chi connectivity index (χ3v) is 2.60. The Hall–Kier alpha value is -1.06. The number of rotatable bonds is 2. The van der Waals surface area contributed by atoms with Gasteiger partial charge in [-0.3, -0.25) is 0 Å². The SMILES string of the molecule is COc1cccc([C@@H]2C[C@@H](O)CN2)c1. The molecule has 1 aliphatic heterocycles. The molecule has 14 heavy (non-hydrogen) atoms. The molecule has 3 nitrogen and oxygen atoms in total. The van der Waals surface area contributed by atoms with Crippen LogP contribution in [-0.4, -0.2) is 24.9 Å². The molecule has 76 valence electrons. The highest BCUT2D eigenvalue weighted by atomic mass is 16.5. The van der Waals surface area contributed by atoms with E-state index in [4.69, 9.17) is 4.74 Å². The van der Waals surface area contributed by atoms with Crippen molar-refractivity contribution in [2.75, 3.05) is 13.7 Å². The third kappa shape index (κ3) is 1.89. The van der Waals surface area contributed by atoms with Crippen LogP contribution in [0.3, 0.4) is 0 Å². The van der Waals surface area contributed by atoms with Gasteiger partial charge < -0.3 is 15.2 Å². The van der Waals surface area contributed by atoms with E-state index in [2.05, 4.69) is 11.4 Å². The Kier molecular flexibility index (Phi) is 2.70. The Morgan fingerprint density at radius 2 is 2.36 bits per heavy atom. The Morgan fingerprint density at radius 1 is 1.50 bits per heavy atom. The predicted molar refractivity (Wildman–Crippen MR) is 54.4 cm³/mol. The minimum atomic E-state index is -0.216. The van der Waals surface area contributed by atoms with Crippen LogP contribution < -0.4 is 10.1 Å². The van der Waals surface area contributed by atoms with Crippen molar-refractivity contribution >= 4 is 0 Å². The smallest absolute Gasteiger partial charge is 0.119 e. The van der Waals surface area contributed by atoms with Crippen LogP contribution in [0.25, 0.3) is 0 Å². The Balaban J connectivity index is 2.15. The van der Waals surface area contributed by atoms with E-state index < -0.39 is 0 Å². The number of β-amino-alcohol motifs (C(OH)–C–C–N with tert-alkyl or cyclic N) is 1. The lowest BCUT2D eigenvalue weighted by atomic mass is 10.0. The summed E-state index contributed by atoms with van der Waals surface area (Å²) in [6.07, 6.45) is 0.568. The van der Waals surface area contributed by atoms with E-state index in [1.54, 1.807) is 7.11 Å². The van der Waals surface area contributed by atoms with Gasteiger partial charge in [-0.15, -0.1) is 0 Å². The van der Waals surface area contributed by atoms with Crippen molar-refractivity contribution in [2.24, 2.45) is 0 Å². The molecule has 0 saturated carbocycles. The molecule has 1 aromatic carbocycles. The normalized spacial score (nSPS) is 26.4. The zero-order chi connectivity index (χ0) is 9.97. The minimum absolute atomic E-state index is 0.216. The van der Waals surface area contributed by atoms with Gasteiger partial charge in [0, 0.05) is 12.6 Å². The van der Waals surface area contributed by atoms with Crippen molar-refractivity contribution < 1.29 is 9.84 Å². The second kappa shape index (κ2) is 3.98. The molecule has 0 spiro atoms. The second-order valence-electron chi connectivity index (χ2n) is 3.63. The largest absolute Gasteiger partial charge is 0.497 e. The van der Waals surface area contributed by atoms with Crippen LogP contribution >= 0.6 is 0 Å². The molecule has 0 aromatic heterocycles. The van der Waals surface area contributed by atoms with Gasteiger partial charge in [0.2, 0.25) is 0 Å². The summed E-state index contributed by atoms with van der Waals surface area (Å²) in [5.41, 5.74) is 1.18. The van der Waals surface area contributed by atoms with Crippen molar-refractivity contribution in [3.63, 3.8) is 0 Å². The zero-order valence-electron chi connectivity index (χ0n) is 8.23. The summed E-state index contributed by atoms with van der Waals surface area (Å²) in [5.74, 6) is 0.866. The van der Waals surface area contributed by atoms with Crippen molar-refractivity contribution in [3.05, 3.63) is 29.8 Å². The molecule has 1 fully saturated rings. The standard InChI is InChI=1S/C11H15NO2/c1-14-10-4-2-3-8(5-10)11-6-9(13)7-12-11/h2-5,9,11-13H,6-7H2,1H3/t9-,11+/m1/s1. The molecular weight excluding hydrogens is 178 g/mol. The van der Waals surface area contributed by atoms with Crippen LogP contribution in [0, 0.1) is 0 Å². The molecule has 0 radical (unpaired) electrons. The van der Waals surface area contributed by atoms with Crippen LogP contribution in [0.2, 0.25) is 0 Å². The number of nitrogens with one attached hydrogen (secondary N) is 1. The summed E-state index contributed by atoms with van der Waals surface area (Å²) in [6, 6.07) is 8.23. The molecular formula is C11H15NO2. The molecule has 0 aliphatic carbocycles. The molecule has 3 heteroatoms. The molecule has 1 saturated heterocycles. The minimum Gasteiger partial charge on any atom is -0.497 e. The van der Waals surface area contributed by atoms with Crippen LogP contribution in [0.15, 0.2) is 24.3 Å². The lowest BCUT2D eigenvalue weighted by Gasteiger charge is -2.11. The summed E-state index contributed by atoms with van der Waals surface area (Å²) < 4.78 is 5.15. The fourth-order valence-corrected chi connectivity index (χ4v) is 1.83. The summed E-state index contributed by atoms with van der Waals surface area (Å²) in [4.78, 5) is 0. The number of hydrogen-bond donors (Lipinski definition) is 2. The highest BCUT2D eigenvalue weighted by molar-refractivity contribution is 5.31. The van der Waals surface area contributed by atoms with Crippen molar-refractivity contribution in [2.45, 2.75) is 18.6 Å². The van der Waals surface area contributed by atoms with E-state index in [1.165, 1.54) is 5.56 Å². The van der Waals surface area contributed by atoms with E-state index in [1.807, 2.05) is 18.2 Å². The number of aliphatic hydroxyl groups excluding tert-OH is 1. The average Bonchev–Trinajstić information content (AvgIpc) is 2.65. The van der Waals surface area contributed by atoms with E-state index in [0.717, 1.165) is 12.2 Å². The molecule has 1 aliphatic rings. The molecule has 0 amide bonds. The van der Waals surface area contributed by atoms with E-state index in [0.29, 0.717) is 6.54 Å². The molecule has 2 rings (SSSR count). The van der Waals surface area contributed by atoms with Crippen LogP contribution in [0.1, 0.15) is 18.0 Å². The molecule has 0 bridgehead atoms. The number of aliphatic hydroxyl groups is 1. The fraction of sp³-hybridized carbons (Fsp3) is 0.455. The van der Waals surface area contributed by atoms with Gasteiger partial charge in [0.1, 0.15) is 5.75 Å². The third-order valence-electron chi connectivity index (χ3n) is 2.60. The first-order valence-electron chi connectivity index (χ1n) is 4.85. The van der Waals surface area contributed by atoms with Crippen LogP contribution in [0.5, 0.6) is 5.75 Å². The van der Waals surface area contributed by atoms with Crippen LogP contribution in [0.4, 0.5) is 0 Å². The highest BCUT2D eigenvalue weighted by Crippen LogP contribution is 2.25. The molecule has 1 heterocycles. The first-order valence-corrected chi connectivity index (χ1v) is 4.85. The number of ether oxygens (including phenoxy) is 1. The van der Waals surface area contributed by atoms with Gasteiger partial charge in [0.15, 0.2) is 0 Å². The molecule has 0 unspecified atom stereocenters. The van der Waals surface area contributed by atoms with Gasteiger partial charge in [0.25, 0.3) is 0 Å². The summed E-state index contributed by atoms with van der Waals surface area (Å²) in [7, 11) is 1.66. The van der Waals surface area contributed by atoms with Crippen LogP contribution in [-0.2, 0) is 0 Å². The van der Waals surface area contributed by atoms with Gasteiger partial charge in [-0.25, -0.2) is 0 Å². The van der Waals surface area contributed by atoms with Gasteiger partial charge in [0.05, 0.1) is 13.2 Å². The van der Waals surface area contributed by atoms with Crippen molar-refractivity contribution in [1.29, 1.82) is 0 Å². The lowest BCUT2D eigenvalue weighted by molar-refractivity contribution is 0.193. The molecule has 1 aromatic rings. The Bertz CT molecular complexity index is 314. The Morgan fingerprint density at radius 3 is 3.00 bits per heavy atom. The summed E-state index contributed by atoms with van der Waals surface area (Å²) >= 11 is 0. The van der Waals surface area contributed by atoms with Gasteiger partial charge in [-0.2, -0.15) is 0 Å². The molecule has 2 atom stereocenters. The monoisotopic (exact) mass is 193 g/mol. The van der Waals surface area contributed by atoms with E-state index >= 15 is 0 Å². The number of benzene rings is 1. The fourth-order valence-electron chi connectivity index (χ4n) is 1.83. The van der Waals surface area contributed by atoms with E-state index in [-0.39, 0.29) is 12.1 Å². The quantitative estimate of drug-likeness (QED) is 0.738. The first-order chi connectivity index (χ1) is 6.79. The maximum Gasteiger partial charge on any atom is 0.119 e. The predicted octanol–water partition coefficient (Wildman–Crippen LogP) is 1.09. The Labute approximate surface area is 83.7 Å². The van der Waals surface area contributed by atoms with Gasteiger partial charge >= 0.3 is 0 Å². The average molecular weight is 193 g/mol. The van der Waals surface area contributed by atoms with Crippen molar-refractivity contribution in [1.82, 2.24) is 5.32 Å². The number of hydrogen-bond acceptors (Lipinski definition) is 3. The van der Waals surface area contributed by atoms with E-state index in [9.17, 15) is 5.11 Å². The zero-order valence-corrected chi connectivity index (χ0v) is 8.23. The lowest BCUT2D eigenvalue weighted by Crippen LogP contribution is -2.14. The van der Waals surface area contributed by atoms with Gasteiger partial charge in [-0.1, -0.05) is 12.1 Å². The summed E-state index contributed by atoms with van der Waals surface area (Å²) in [5, 5.41) is 12.7. The maximum absolute atomic E-state index is 9.39. The highest BCUT2D eigenvalue weighted by Gasteiger charge is 2.23. The molecule has 2 N–H and O–H groups in total. The summed E-state index contributed by atoms with van der Waals surface area (Å²) in [6.45, 7) is 0.682. The topological polar surface area (TPSA) is 41.5 Å². The second-order valence-corrected chi connectivity index (χ2v) is 3.63.